The highest BCUT2D eigenvalue weighted by molar-refractivity contribution is 5.89. The van der Waals surface area contributed by atoms with Crippen molar-refractivity contribution >= 4 is 17.5 Å². The van der Waals surface area contributed by atoms with E-state index in [9.17, 15) is 9.59 Å². The van der Waals surface area contributed by atoms with Crippen molar-refractivity contribution in [3.8, 4) is 0 Å². The molecular weight excluding hydrogens is 340 g/mol. The van der Waals surface area contributed by atoms with Crippen molar-refractivity contribution in [2.45, 2.75) is 13.0 Å². The first-order valence-corrected chi connectivity index (χ1v) is 9.47. The van der Waals surface area contributed by atoms with Crippen molar-refractivity contribution < 1.29 is 9.59 Å². The number of piperazine rings is 1. The molecule has 0 spiro atoms. The van der Waals surface area contributed by atoms with Gasteiger partial charge in [-0.05, 0) is 24.3 Å². The highest BCUT2D eigenvalue weighted by atomic mass is 16.2. The highest BCUT2D eigenvalue weighted by Gasteiger charge is 2.37. The van der Waals surface area contributed by atoms with Gasteiger partial charge >= 0.3 is 0 Å². The maximum Gasteiger partial charge on any atom is 0.228 e. The Morgan fingerprint density at radius 3 is 2.44 bits per heavy atom. The lowest BCUT2D eigenvalue weighted by atomic mass is 10.1. The lowest BCUT2D eigenvalue weighted by Crippen LogP contribution is -2.50. The number of pyridine rings is 1. The molecule has 2 aliphatic rings. The van der Waals surface area contributed by atoms with Gasteiger partial charge < -0.3 is 14.7 Å². The van der Waals surface area contributed by atoms with Crippen LogP contribution in [0.4, 0.5) is 5.69 Å². The Hall–Kier alpha value is -2.89. The molecule has 2 fully saturated rings. The van der Waals surface area contributed by atoms with Crippen LogP contribution in [0.5, 0.6) is 0 Å². The normalized spacial score (nSPS) is 20.2. The van der Waals surface area contributed by atoms with Crippen LogP contribution in [0.1, 0.15) is 12.1 Å². The minimum absolute atomic E-state index is 0.0434. The predicted molar refractivity (Wildman–Crippen MR) is 103 cm³/mol. The summed E-state index contributed by atoms with van der Waals surface area (Å²) in [6.45, 7) is 4.04. The molecule has 2 saturated heterocycles. The summed E-state index contributed by atoms with van der Waals surface area (Å²) < 4.78 is 0. The molecule has 1 aromatic carbocycles. The number of nitrogens with zero attached hydrogens (tertiary/aromatic N) is 4. The van der Waals surface area contributed by atoms with E-state index in [1.807, 2.05) is 41.3 Å². The van der Waals surface area contributed by atoms with E-state index in [-0.39, 0.29) is 17.7 Å². The largest absolute Gasteiger partial charge is 0.368 e. The van der Waals surface area contributed by atoms with Gasteiger partial charge in [-0.25, -0.2) is 0 Å². The number of hydrogen-bond acceptors (Lipinski definition) is 4. The van der Waals surface area contributed by atoms with Gasteiger partial charge in [-0.1, -0.05) is 24.3 Å². The van der Waals surface area contributed by atoms with Crippen LogP contribution in [-0.4, -0.2) is 59.3 Å². The third-order valence-electron chi connectivity index (χ3n) is 5.36. The zero-order valence-electron chi connectivity index (χ0n) is 15.3. The molecule has 6 heteroatoms. The summed E-state index contributed by atoms with van der Waals surface area (Å²) in [5, 5.41) is 0. The molecule has 2 aliphatic heterocycles. The van der Waals surface area contributed by atoms with Crippen LogP contribution in [0.15, 0.2) is 54.7 Å². The highest BCUT2D eigenvalue weighted by Crippen LogP contribution is 2.23. The minimum atomic E-state index is -0.232. The molecule has 0 N–H and O–H groups in total. The molecule has 2 amide bonds. The zero-order valence-corrected chi connectivity index (χ0v) is 15.3. The fraction of sp³-hybridized carbons (Fsp3) is 0.381. The number of amides is 2. The van der Waals surface area contributed by atoms with E-state index in [0.29, 0.717) is 32.6 Å². The first-order chi connectivity index (χ1) is 13.2. The number of rotatable bonds is 4. The SMILES string of the molecule is O=C1CC(C(=O)N2CCN(c3ccccc3)CC2)CN1Cc1ccccn1. The first kappa shape index (κ1) is 17.5. The van der Waals surface area contributed by atoms with E-state index in [0.717, 1.165) is 18.8 Å². The molecule has 3 heterocycles. The monoisotopic (exact) mass is 364 g/mol. The van der Waals surface area contributed by atoms with Gasteiger partial charge in [0, 0.05) is 51.0 Å². The molecular formula is C21H24N4O2. The van der Waals surface area contributed by atoms with Crippen LogP contribution in [0.25, 0.3) is 0 Å². The van der Waals surface area contributed by atoms with Gasteiger partial charge in [-0.3, -0.25) is 14.6 Å². The molecule has 0 saturated carbocycles. The molecule has 27 heavy (non-hydrogen) atoms. The molecule has 2 aromatic rings. The number of anilines is 1. The van der Waals surface area contributed by atoms with E-state index >= 15 is 0 Å². The Kier molecular flexibility index (Phi) is 5.05. The number of hydrogen-bond donors (Lipinski definition) is 0. The predicted octanol–water partition coefficient (Wildman–Crippen LogP) is 1.78. The van der Waals surface area contributed by atoms with Gasteiger partial charge in [0.15, 0.2) is 0 Å². The standard InChI is InChI=1S/C21H24N4O2/c26-20-14-17(15-25(20)16-18-6-4-5-9-22-18)21(27)24-12-10-23(11-13-24)19-7-2-1-3-8-19/h1-9,17H,10-16H2. The van der Waals surface area contributed by atoms with E-state index in [1.54, 1.807) is 11.1 Å². The molecule has 1 aromatic heterocycles. The third-order valence-corrected chi connectivity index (χ3v) is 5.36. The van der Waals surface area contributed by atoms with Crippen molar-refractivity contribution in [1.29, 1.82) is 0 Å². The molecule has 1 unspecified atom stereocenters. The second kappa shape index (κ2) is 7.78. The number of para-hydroxylation sites is 1. The smallest absolute Gasteiger partial charge is 0.228 e. The van der Waals surface area contributed by atoms with Crippen LogP contribution in [0.3, 0.4) is 0 Å². The lowest BCUT2D eigenvalue weighted by molar-refractivity contribution is -0.136. The number of benzene rings is 1. The van der Waals surface area contributed by atoms with Crippen molar-refractivity contribution in [2.24, 2.45) is 5.92 Å². The lowest BCUT2D eigenvalue weighted by Gasteiger charge is -2.37. The van der Waals surface area contributed by atoms with Gasteiger partial charge in [0.2, 0.25) is 11.8 Å². The molecule has 0 radical (unpaired) electrons. The molecule has 140 valence electrons. The fourth-order valence-electron chi connectivity index (χ4n) is 3.86. The summed E-state index contributed by atoms with van der Waals surface area (Å²) >= 11 is 0. The number of likely N-dealkylation sites (tertiary alicyclic amines) is 1. The van der Waals surface area contributed by atoms with Crippen molar-refractivity contribution in [3.63, 3.8) is 0 Å². The van der Waals surface area contributed by atoms with Gasteiger partial charge in [0.1, 0.15) is 0 Å². The molecule has 0 bridgehead atoms. The van der Waals surface area contributed by atoms with E-state index < -0.39 is 0 Å². The molecule has 1 atom stereocenters. The van der Waals surface area contributed by atoms with Gasteiger partial charge in [0.05, 0.1) is 18.2 Å². The van der Waals surface area contributed by atoms with Crippen molar-refractivity contribution in [1.82, 2.24) is 14.8 Å². The Labute approximate surface area is 159 Å². The van der Waals surface area contributed by atoms with E-state index in [2.05, 4.69) is 22.0 Å². The van der Waals surface area contributed by atoms with Crippen LogP contribution < -0.4 is 4.90 Å². The summed E-state index contributed by atoms with van der Waals surface area (Å²) in [6.07, 6.45) is 2.04. The van der Waals surface area contributed by atoms with Crippen LogP contribution in [-0.2, 0) is 16.1 Å². The Balaban J connectivity index is 1.32. The molecule has 4 rings (SSSR count). The molecule has 6 nitrogen and oxygen atoms in total. The van der Waals surface area contributed by atoms with E-state index in [4.69, 9.17) is 0 Å². The van der Waals surface area contributed by atoms with Gasteiger partial charge in [0.25, 0.3) is 0 Å². The summed E-state index contributed by atoms with van der Waals surface area (Å²) in [4.78, 5) is 35.5. The maximum atomic E-state index is 12.9. The van der Waals surface area contributed by atoms with Crippen LogP contribution in [0.2, 0.25) is 0 Å². The summed E-state index contributed by atoms with van der Waals surface area (Å²) in [5.74, 6) is -0.0778. The Morgan fingerprint density at radius 2 is 1.74 bits per heavy atom. The number of aromatic nitrogens is 1. The Morgan fingerprint density at radius 1 is 1.00 bits per heavy atom. The van der Waals surface area contributed by atoms with Gasteiger partial charge in [-0.2, -0.15) is 0 Å². The quantitative estimate of drug-likeness (QED) is 0.830. The van der Waals surface area contributed by atoms with Crippen LogP contribution in [0, 0.1) is 5.92 Å². The average molecular weight is 364 g/mol. The second-order valence-corrected chi connectivity index (χ2v) is 7.14. The van der Waals surface area contributed by atoms with Crippen LogP contribution >= 0.6 is 0 Å². The van der Waals surface area contributed by atoms with E-state index in [1.165, 1.54) is 5.69 Å². The summed E-state index contributed by atoms with van der Waals surface area (Å²) in [7, 11) is 0. The topological polar surface area (TPSA) is 56.8 Å². The third kappa shape index (κ3) is 3.94. The average Bonchev–Trinajstić information content (AvgIpc) is 3.09. The summed E-state index contributed by atoms with van der Waals surface area (Å²) in [6, 6.07) is 16.0. The van der Waals surface area contributed by atoms with Gasteiger partial charge in [-0.15, -0.1) is 0 Å². The fourth-order valence-corrected chi connectivity index (χ4v) is 3.86. The number of carbonyl (C=O) groups is 2. The first-order valence-electron chi connectivity index (χ1n) is 9.47. The zero-order chi connectivity index (χ0) is 18.6. The second-order valence-electron chi connectivity index (χ2n) is 7.14. The minimum Gasteiger partial charge on any atom is -0.368 e. The van der Waals surface area contributed by atoms with Crippen molar-refractivity contribution in [3.05, 3.63) is 60.4 Å². The number of carbonyl (C=O) groups excluding carboxylic acids is 2. The summed E-state index contributed by atoms with van der Waals surface area (Å²) in [5.41, 5.74) is 2.05. The Bertz CT molecular complexity index is 788. The maximum absolute atomic E-state index is 12.9. The van der Waals surface area contributed by atoms with Crippen molar-refractivity contribution in [2.75, 3.05) is 37.6 Å². The molecule has 0 aliphatic carbocycles.